The second kappa shape index (κ2) is 6.59. The van der Waals surface area contributed by atoms with E-state index in [1.54, 1.807) is 0 Å². The average molecular weight is 142 g/mol. The van der Waals surface area contributed by atoms with Crippen LogP contribution < -0.4 is 5.32 Å². The summed E-state index contributed by atoms with van der Waals surface area (Å²) in [5.74, 6) is 0.0381. The van der Waals surface area contributed by atoms with Crippen LogP contribution in [0.5, 0.6) is 0 Å². The van der Waals surface area contributed by atoms with E-state index in [-0.39, 0.29) is 5.91 Å². The molecule has 0 saturated heterocycles. The smallest absolute Gasteiger partial charge is 0.240 e. The van der Waals surface area contributed by atoms with E-state index in [0.717, 1.165) is 13.0 Å². The van der Waals surface area contributed by atoms with Crippen molar-refractivity contribution >= 4 is 5.91 Å². The van der Waals surface area contributed by atoms with E-state index in [1.165, 1.54) is 12.8 Å². The maximum absolute atomic E-state index is 10.6. The third-order valence-corrected chi connectivity index (χ3v) is 1.35. The molecule has 0 heterocycles. The molecule has 0 saturated carbocycles. The van der Waals surface area contributed by atoms with Crippen LogP contribution in [-0.4, -0.2) is 12.5 Å². The van der Waals surface area contributed by atoms with Crippen molar-refractivity contribution in [3.8, 4) is 0 Å². The van der Waals surface area contributed by atoms with Gasteiger partial charge in [0.25, 0.3) is 0 Å². The van der Waals surface area contributed by atoms with Crippen LogP contribution in [0.2, 0.25) is 0 Å². The Labute approximate surface area is 63.0 Å². The van der Waals surface area contributed by atoms with Gasteiger partial charge in [-0.3, -0.25) is 10.1 Å². The lowest BCUT2D eigenvalue weighted by Crippen LogP contribution is -2.14. The molecule has 0 aromatic heterocycles. The Morgan fingerprint density at radius 1 is 1.30 bits per heavy atom. The molecule has 1 radical (unpaired) electrons. The summed E-state index contributed by atoms with van der Waals surface area (Å²) in [5, 5.41) is 3.84. The van der Waals surface area contributed by atoms with Crippen LogP contribution in [0.4, 0.5) is 0 Å². The van der Waals surface area contributed by atoms with E-state index in [9.17, 15) is 4.79 Å². The first kappa shape index (κ1) is 9.47. The van der Waals surface area contributed by atoms with E-state index < -0.39 is 0 Å². The van der Waals surface area contributed by atoms with Crippen molar-refractivity contribution in [1.29, 1.82) is 0 Å². The first-order valence-electron chi connectivity index (χ1n) is 4.01. The summed E-state index contributed by atoms with van der Waals surface area (Å²) in [6.45, 7) is 4.70. The van der Waals surface area contributed by atoms with Crippen molar-refractivity contribution in [2.24, 2.45) is 0 Å². The maximum atomic E-state index is 10.6. The van der Waals surface area contributed by atoms with Crippen LogP contribution in [0.1, 0.15) is 39.5 Å². The van der Waals surface area contributed by atoms with E-state index in [0.29, 0.717) is 6.42 Å². The van der Waals surface area contributed by atoms with Gasteiger partial charge in [-0.15, -0.1) is 0 Å². The van der Waals surface area contributed by atoms with Gasteiger partial charge in [0.05, 0.1) is 0 Å². The topological polar surface area (TPSA) is 31.2 Å². The number of unbranched alkanes of at least 4 members (excludes halogenated alkanes) is 2. The molecule has 0 bridgehead atoms. The minimum atomic E-state index is 0.0381. The van der Waals surface area contributed by atoms with Gasteiger partial charge in [-0.2, -0.15) is 0 Å². The second-order valence-electron chi connectivity index (χ2n) is 2.34. The second-order valence-corrected chi connectivity index (χ2v) is 2.34. The largest absolute Gasteiger partial charge is 0.273 e. The Morgan fingerprint density at radius 2 is 2.00 bits per heavy atom. The number of carbonyl (C=O) groups excluding carboxylic acids is 1. The third kappa shape index (κ3) is 5.60. The van der Waals surface area contributed by atoms with Crippen molar-refractivity contribution < 1.29 is 4.79 Å². The molecule has 0 aromatic rings. The van der Waals surface area contributed by atoms with Crippen LogP contribution in [0.15, 0.2) is 0 Å². The van der Waals surface area contributed by atoms with Gasteiger partial charge in [-0.25, -0.2) is 0 Å². The van der Waals surface area contributed by atoms with Gasteiger partial charge in [0.15, 0.2) is 0 Å². The quantitative estimate of drug-likeness (QED) is 0.538. The lowest BCUT2D eigenvalue weighted by molar-refractivity contribution is -0.121. The van der Waals surface area contributed by atoms with Crippen molar-refractivity contribution in [3.05, 3.63) is 0 Å². The van der Waals surface area contributed by atoms with Crippen molar-refractivity contribution in [3.63, 3.8) is 0 Å². The lowest BCUT2D eigenvalue weighted by Gasteiger charge is -1.97. The number of hydrogen-bond acceptors (Lipinski definition) is 1. The first-order valence-corrected chi connectivity index (χ1v) is 4.01. The molecule has 2 nitrogen and oxygen atoms in total. The number of nitrogens with zero attached hydrogens (tertiary/aromatic N) is 1. The summed E-state index contributed by atoms with van der Waals surface area (Å²) in [5.41, 5.74) is 0. The zero-order chi connectivity index (χ0) is 7.82. The van der Waals surface area contributed by atoms with Gasteiger partial charge >= 0.3 is 0 Å². The van der Waals surface area contributed by atoms with Crippen LogP contribution in [0, 0.1) is 0 Å². The van der Waals surface area contributed by atoms with Crippen LogP contribution in [0.3, 0.4) is 0 Å². The predicted octanol–water partition coefficient (Wildman–Crippen LogP) is 1.72. The van der Waals surface area contributed by atoms with Gasteiger partial charge in [0, 0.05) is 13.0 Å². The Bertz CT molecular complexity index is 91.3. The Hall–Kier alpha value is -0.530. The summed E-state index contributed by atoms with van der Waals surface area (Å²) >= 11 is 0. The highest BCUT2D eigenvalue weighted by Crippen LogP contribution is 1.91. The number of hydrogen-bond donors (Lipinski definition) is 0. The molecule has 2 heteroatoms. The molecule has 0 rings (SSSR count). The number of rotatable bonds is 5. The van der Waals surface area contributed by atoms with Gasteiger partial charge in [-0.05, 0) is 6.42 Å². The highest BCUT2D eigenvalue weighted by atomic mass is 16.1. The molecule has 0 aromatic carbocycles. The first-order chi connectivity index (χ1) is 4.81. The van der Waals surface area contributed by atoms with Gasteiger partial charge < -0.3 is 0 Å². The molecule has 10 heavy (non-hydrogen) atoms. The van der Waals surface area contributed by atoms with Crippen molar-refractivity contribution in [2.45, 2.75) is 39.5 Å². The van der Waals surface area contributed by atoms with Gasteiger partial charge in [-0.1, -0.05) is 26.7 Å². The molecular formula is C8H16NO. The van der Waals surface area contributed by atoms with E-state index >= 15 is 0 Å². The molecule has 0 unspecified atom stereocenters. The van der Waals surface area contributed by atoms with Crippen molar-refractivity contribution in [1.82, 2.24) is 5.32 Å². The van der Waals surface area contributed by atoms with Crippen LogP contribution in [-0.2, 0) is 4.79 Å². The molecule has 0 aliphatic heterocycles. The standard InChI is InChI=1S/C8H16NO/c1-3-5-6-7-9-8(10)4-2/h3-7H2,1-2H3. The van der Waals surface area contributed by atoms with Gasteiger partial charge in [0.1, 0.15) is 0 Å². The molecule has 0 spiro atoms. The normalized spacial score (nSPS) is 9.40. The highest BCUT2D eigenvalue weighted by Gasteiger charge is 1.95. The Kier molecular flexibility index (Phi) is 6.24. The fourth-order valence-corrected chi connectivity index (χ4v) is 0.677. The number of amides is 1. The SMILES string of the molecule is CCCCC[N]C(=O)CC. The average Bonchev–Trinajstić information content (AvgIpc) is 1.98. The minimum Gasteiger partial charge on any atom is -0.273 e. The monoisotopic (exact) mass is 142 g/mol. The van der Waals surface area contributed by atoms with E-state index in [1.807, 2.05) is 6.92 Å². The fraction of sp³-hybridized carbons (Fsp3) is 0.875. The van der Waals surface area contributed by atoms with Crippen LogP contribution >= 0.6 is 0 Å². The summed E-state index contributed by atoms with van der Waals surface area (Å²) < 4.78 is 0. The summed E-state index contributed by atoms with van der Waals surface area (Å²) in [6, 6.07) is 0. The zero-order valence-electron chi connectivity index (χ0n) is 6.89. The fourth-order valence-electron chi connectivity index (χ4n) is 0.677. The summed E-state index contributed by atoms with van der Waals surface area (Å²) in [7, 11) is 0. The molecule has 0 fully saturated rings. The van der Waals surface area contributed by atoms with Gasteiger partial charge in [0.2, 0.25) is 5.91 Å². The van der Waals surface area contributed by atoms with Crippen molar-refractivity contribution in [2.75, 3.05) is 6.54 Å². The summed E-state index contributed by atoms with van der Waals surface area (Å²) in [4.78, 5) is 10.6. The third-order valence-electron chi connectivity index (χ3n) is 1.35. The highest BCUT2D eigenvalue weighted by molar-refractivity contribution is 5.75. The van der Waals surface area contributed by atoms with E-state index in [2.05, 4.69) is 12.2 Å². The van der Waals surface area contributed by atoms with E-state index in [4.69, 9.17) is 0 Å². The molecule has 1 amide bonds. The van der Waals surface area contributed by atoms with Crippen LogP contribution in [0.25, 0.3) is 0 Å². The predicted molar refractivity (Wildman–Crippen MR) is 41.8 cm³/mol. The minimum absolute atomic E-state index is 0.0381. The summed E-state index contributed by atoms with van der Waals surface area (Å²) in [6.07, 6.45) is 3.98. The zero-order valence-corrected chi connectivity index (χ0v) is 6.89. The maximum Gasteiger partial charge on any atom is 0.240 e. The lowest BCUT2D eigenvalue weighted by atomic mass is 10.2. The molecule has 0 atom stereocenters. The Morgan fingerprint density at radius 3 is 2.50 bits per heavy atom. The molecule has 0 aliphatic rings. The molecule has 59 valence electrons. The number of carbonyl (C=O) groups is 1. The molecule has 0 aliphatic carbocycles. The molecule has 0 N–H and O–H groups in total. The molecular weight excluding hydrogens is 126 g/mol. The Balaban J connectivity index is 2.96.